The summed E-state index contributed by atoms with van der Waals surface area (Å²) in [4.78, 5) is 2.00. The van der Waals surface area contributed by atoms with Gasteiger partial charge in [-0.15, -0.1) is 0 Å². The lowest BCUT2D eigenvalue weighted by Gasteiger charge is -1.90. The highest BCUT2D eigenvalue weighted by Gasteiger charge is 1.58. The maximum Gasteiger partial charge on any atom is 0.701 e. The van der Waals surface area contributed by atoms with Gasteiger partial charge in [0.25, 0.3) is 0 Å². The van der Waals surface area contributed by atoms with Crippen LogP contribution in [0.4, 0.5) is 0 Å². The minimum absolute atomic E-state index is 2.00. The molecule has 0 bridgehead atoms. The molecule has 2 nitrogen and oxygen atoms in total. The van der Waals surface area contributed by atoms with Crippen LogP contribution in [-0.2, 0) is 0 Å². The fourth-order valence-corrected chi connectivity index (χ4v) is 0. The molecule has 0 aliphatic heterocycles. The summed E-state index contributed by atoms with van der Waals surface area (Å²) < 4.78 is 2.25. The van der Waals surface area contributed by atoms with Gasteiger partial charge in [0.05, 0.1) is 0 Å². The molecule has 0 atom stereocenters. The molecule has 0 aromatic rings. The highest BCUT2D eigenvalue weighted by molar-refractivity contribution is 6.13. The van der Waals surface area contributed by atoms with Crippen LogP contribution >= 0.6 is 0 Å². The van der Waals surface area contributed by atoms with E-state index >= 15 is 0 Å². The normalized spacial score (nSPS) is 6.14. The minimum Gasteiger partial charge on any atom is -0.421 e. The molecule has 7 heavy (non-hydrogen) atoms. The number of hydrogen-bond acceptors (Lipinski definition) is 1. The van der Waals surface area contributed by atoms with E-state index in [2.05, 4.69) is 12.7 Å². The summed E-state index contributed by atoms with van der Waals surface area (Å²) in [6.45, 7) is 5.61. The van der Waals surface area contributed by atoms with Gasteiger partial charge >= 0.3 is 7.98 Å². The Morgan fingerprint density at radius 3 is 1.43 bits per heavy atom. The molecule has 0 aliphatic carbocycles. The second-order valence-electron chi connectivity index (χ2n) is 1.47. The molecule has 0 fully saturated rings. The predicted molar refractivity (Wildman–Crippen MR) is 32.0 cm³/mol. The van der Waals surface area contributed by atoms with Crippen LogP contribution in [0.1, 0.15) is 0 Å². The van der Waals surface area contributed by atoms with Crippen LogP contribution in [0.2, 0.25) is 0 Å². The van der Waals surface area contributed by atoms with Crippen molar-refractivity contribution in [2.75, 3.05) is 21.1 Å². The lowest BCUT2D eigenvalue weighted by molar-refractivity contribution is 0.505. The first kappa shape index (κ1) is 9.72. The summed E-state index contributed by atoms with van der Waals surface area (Å²) in [6, 6.07) is 0. The Balaban J connectivity index is 0. The van der Waals surface area contributed by atoms with Gasteiger partial charge in [0.2, 0.25) is 0 Å². The van der Waals surface area contributed by atoms with E-state index in [1.807, 2.05) is 26.0 Å². The molecule has 2 radical (unpaired) electrons. The van der Waals surface area contributed by atoms with Crippen LogP contribution in [0, 0.1) is 6.57 Å². The molecule has 0 unspecified atom stereocenters. The zero-order valence-electron chi connectivity index (χ0n) is 4.97. The second kappa shape index (κ2) is 9.10. The zero-order chi connectivity index (χ0) is 6.28. The molecule has 0 amide bonds. The molecule has 0 saturated heterocycles. The van der Waals surface area contributed by atoms with E-state index in [4.69, 9.17) is 6.57 Å². The van der Waals surface area contributed by atoms with Gasteiger partial charge in [-0.2, -0.15) is 0 Å². The van der Waals surface area contributed by atoms with Crippen molar-refractivity contribution in [2.45, 2.75) is 0 Å². The third-order valence-electron chi connectivity index (χ3n) is 0. The first-order chi connectivity index (χ1) is 3.15. The monoisotopic (exact) mass is 96.1 g/mol. The van der Waals surface area contributed by atoms with Crippen LogP contribution in [0.5, 0.6) is 0 Å². The summed E-state index contributed by atoms with van der Waals surface area (Å²) in [7, 11) is 10.1. The molecule has 0 saturated carbocycles. The SMILES string of the molecule is CN(C)C.[B][N+]#[C-]. The van der Waals surface area contributed by atoms with E-state index in [-0.39, 0.29) is 0 Å². The quantitative estimate of drug-likeness (QED) is 0.308. The Hall–Kier alpha value is -0.485. The van der Waals surface area contributed by atoms with Crippen LogP contribution in [0.15, 0.2) is 0 Å². The lowest BCUT2D eigenvalue weighted by Crippen LogP contribution is -1.99. The maximum atomic E-state index is 5.61. The van der Waals surface area contributed by atoms with E-state index in [0.29, 0.717) is 0 Å². The second-order valence-corrected chi connectivity index (χ2v) is 1.47. The summed E-state index contributed by atoms with van der Waals surface area (Å²) in [6.07, 6.45) is 0. The van der Waals surface area contributed by atoms with Gasteiger partial charge in [-0.25, -0.2) is 0 Å². The van der Waals surface area contributed by atoms with Crippen molar-refractivity contribution < 1.29 is 0 Å². The fraction of sp³-hybridized carbons (Fsp3) is 0.750. The Labute approximate surface area is 46.4 Å². The third-order valence-corrected chi connectivity index (χ3v) is 0. The van der Waals surface area contributed by atoms with Gasteiger partial charge in [0.1, 0.15) is 0 Å². The summed E-state index contributed by atoms with van der Waals surface area (Å²) in [5.41, 5.74) is 0. The molecule has 0 aliphatic rings. The minimum atomic E-state index is 2.00. The van der Waals surface area contributed by atoms with Gasteiger partial charge in [-0.05, 0) is 21.1 Å². The molecule has 0 heterocycles. The molecular weight excluding hydrogens is 86.9 g/mol. The van der Waals surface area contributed by atoms with Gasteiger partial charge in [0, 0.05) is 0 Å². The van der Waals surface area contributed by atoms with Crippen LogP contribution in [0.25, 0.3) is 4.76 Å². The Kier molecular flexibility index (Phi) is 12.6. The largest absolute Gasteiger partial charge is 0.701 e. The zero-order valence-corrected chi connectivity index (χ0v) is 4.97. The van der Waals surface area contributed by atoms with Gasteiger partial charge in [0.15, 0.2) is 0 Å². The van der Waals surface area contributed by atoms with E-state index in [0.717, 1.165) is 0 Å². The summed E-state index contributed by atoms with van der Waals surface area (Å²) >= 11 is 0. The van der Waals surface area contributed by atoms with E-state index in [1.165, 1.54) is 0 Å². The van der Waals surface area contributed by atoms with Crippen molar-refractivity contribution in [2.24, 2.45) is 0 Å². The highest BCUT2D eigenvalue weighted by atomic mass is 15.0. The van der Waals surface area contributed by atoms with Crippen molar-refractivity contribution >= 4 is 7.98 Å². The first-order valence-electron chi connectivity index (χ1n) is 1.82. The molecule has 0 spiro atoms. The molecule has 3 heteroatoms. The van der Waals surface area contributed by atoms with E-state index in [1.54, 1.807) is 0 Å². The molecule has 0 N–H and O–H groups in total. The van der Waals surface area contributed by atoms with Crippen molar-refractivity contribution in [1.29, 1.82) is 0 Å². The Morgan fingerprint density at radius 1 is 1.43 bits per heavy atom. The average molecular weight is 95.9 g/mol. The van der Waals surface area contributed by atoms with Gasteiger partial charge in [-0.3, -0.25) is 6.57 Å². The van der Waals surface area contributed by atoms with Crippen molar-refractivity contribution in [3.05, 3.63) is 11.3 Å². The Bertz CT molecular complexity index is 52.4. The van der Waals surface area contributed by atoms with Crippen LogP contribution < -0.4 is 0 Å². The van der Waals surface area contributed by atoms with Gasteiger partial charge < -0.3 is 9.66 Å². The molecular formula is C4H9BN2. The van der Waals surface area contributed by atoms with Crippen LogP contribution in [-0.4, -0.2) is 34.0 Å². The highest BCUT2D eigenvalue weighted by Crippen LogP contribution is 1.47. The van der Waals surface area contributed by atoms with Crippen LogP contribution in [0.3, 0.4) is 0 Å². The van der Waals surface area contributed by atoms with Gasteiger partial charge in [-0.1, -0.05) is 0 Å². The number of rotatable bonds is 0. The molecule has 0 rings (SSSR count). The topological polar surface area (TPSA) is 7.60 Å². The maximum absolute atomic E-state index is 5.61. The van der Waals surface area contributed by atoms with Crippen molar-refractivity contribution in [1.82, 2.24) is 4.90 Å². The molecule has 0 aromatic heterocycles. The number of hydrogen-bond donors (Lipinski definition) is 0. The fourth-order valence-electron chi connectivity index (χ4n) is 0. The van der Waals surface area contributed by atoms with E-state index < -0.39 is 0 Å². The standard InChI is InChI=1S/C3H9N.CBN/c1-4(2)3;1-3-2/h1-3H3;. The average Bonchev–Trinajstić information content (AvgIpc) is 1.33. The smallest absolute Gasteiger partial charge is 0.421 e. The summed E-state index contributed by atoms with van der Waals surface area (Å²) in [5.74, 6) is 0. The van der Waals surface area contributed by atoms with Crippen molar-refractivity contribution in [3.8, 4) is 0 Å². The lowest BCUT2D eigenvalue weighted by atomic mass is 10.5. The third kappa shape index (κ3) is 290. The molecule has 38 valence electrons. The Morgan fingerprint density at radius 2 is 1.43 bits per heavy atom. The first-order valence-corrected chi connectivity index (χ1v) is 1.82. The summed E-state index contributed by atoms with van der Waals surface area (Å²) in [5, 5.41) is 0. The number of nitrogens with zero attached hydrogens (tertiary/aromatic N) is 2. The van der Waals surface area contributed by atoms with Crippen molar-refractivity contribution in [3.63, 3.8) is 0 Å². The van der Waals surface area contributed by atoms with E-state index in [9.17, 15) is 0 Å². The predicted octanol–water partition coefficient (Wildman–Crippen LogP) is 0.167. The molecule has 0 aromatic carbocycles.